The van der Waals surface area contributed by atoms with E-state index in [0.29, 0.717) is 42.6 Å². The lowest BCUT2D eigenvalue weighted by Crippen LogP contribution is -2.44. The van der Waals surface area contributed by atoms with Gasteiger partial charge in [0, 0.05) is 23.7 Å². The van der Waals surface area contributed by atoms with Gasteiger partial charge < -0.3 is 24.8 Å². The van der Waals surface area contributed by atoms with Gasteiger partial charge in [-0.25, -0.2) is 4.79 Å². The van der Waals surface area contributed by atoms with Crippen molar-refractivity contribution in [2.24, 2.45) is 0 Å². The van der Waals surface area contributed by atoms with Gasteiger partial charge in [-0.15, -0.1) is 0 Å². The summed E-state index contributed by atoms with van der Waals surface area (Å²) in [5.74, 6) is 0.878. The maximum Gasteiger partial charge on any atom is 0.317 e. The van der Waals surface area contributed by atoms with Crippen LogP contribution in [0.4, 0.5) is 4.79 Å². The molecule has 2 N–H and O–H groups in total. The van der Waals surface area contributed by atoms with E-state index < -0.39 is 0 Å². The van der Waals surface area contributed by atoms with Gasteiger partial charge >= 0.3 is 6.03 Å². The van der Waals surface area contributed by atoms with Gasteiger partial charge in [0.15, 0.2) is 0 Å². The third-order valence-corrected chi connectivity index (χ3v) is 4.80. The SMILES string of the molecule is O=C(NCCOc1ccc(Cl)cc1)N(Cc1ccccc1O)CC1CCCO1. The molecule has 6 nitrogen and oxygen atoms in total. The molecule has 2 aromatic carbocycles. The van der Waals surface area contributed by atoms with Crippen molar-refractivity contribution in [1.82, 2.24) is 10.2 Å². The van der Waals surface area contributed by atoms with Gasteiger partial charge in [0.1, 0.15) is 18.1 Å². The molecule has 0 aliphatic carbocycles. The zero-order valence-corrected chi connectivity index (χ0v) is 16.4. The average Bonchev–Trinajstić information content (AvgIpc) is 3.21. The van der Waals surface area contributed by atoms with E-state index in [9.17, 15) is 9.90 Å². The third kappa shape index (κ3) is 6.04. The molecule has 28 heavy (non-hydrogen) atoms. The average molecular weight is 405 g/mol. The standard InChI is InChI=1S/C21H25ClN2O4/c22-17-7-9-18(10-8-17)28-13-11-23-21(26)24(15-19-5-3-12-27-19)14-16-4-1-2-6-20(16)25/h1-2,4,6-10,19,25H,3,5,11-15H2,(H,23,26). The second-order valence-electron chi connectivity index (χ2n) is 6.68. The third-order valence-electron chi connectivity index (χ3n) is 4.55. The molecule has 3 rings (SSSR count). The number of urea groups is 1. The maximum atomic E-state index is 12.7. The highest BCUT2D eigenvalue weighted by Crippen LogP contribution is 2.20. The molecule has 1 aliphatic rings. The molecule has 0 bridgehead atoms. The van der Waals surface area contributed by atoms with Crippen molar-refractivity contribution in [3.63, 3.8) is 0 Å². The van der Waals surface area contributed by atoms with Crippen molar-refractivity contribution >= 4 is 17.6 Å². The van der Waals surface area contributed by atoms with Gasteiger partial charge in [-0.2, -0.15) is 0 Å². The van der Waals surface area contributed by atoms with Crippen LogP contribution in [0.2, 0.25) is 5.02 Å². The highest BCUT2D eigenvalue weighted by molar-refractivity contribution is 6.30. The number of nitrogens with zero attached hydrogens (tertiary/aromatic N) is 1. The molecule has 1 aliphatic heterocycles. The van der Waals surface area contributed by atoms with E-state index in [1.165, 1.54) is 0 Å². The topological polar surface area (TPSA) is 71.0 Å². The Morgan fingerprint density at radius 3 is 2.75 bits per heavy atom. The van der Waals surface area contributed by atoms with Crippen molar-refractivity contribution in [3.8, 4) is 11.5 Å². The number of amides is 2. The minimum atomic E-state index is -0.210. The first-order chi connectivity index (χ1) is 13.6. The van der Waals surface area contributed by atoms with Gasteiger partial charge in [-0.05, 0) is 43.2 Å². The molecule has 0 aromatic heterocycles. The smallest absolute Gasteiger partial charge is 0.317 e. The Morgan fingerprint density at radius 2 is 2.04 bits per heavy atom. The quantitative estimate of drug-likeness (QED) is 0.656. The molecule has 150 valence electrons. The van der Waals surface area contributed by atoms with Gasteiger partial charge in [-0.1, -0.05) is 29.8 Å². The highest BCUT2D eigenvalue weighted by atomic mass is 35.5. The molecule has 1 fully saturated rings. The van der Waals surface area contributed by atoms with Crippen LogP contribution >= 0.6 is 11.6 Å². The monoisotopic (exact) mass is 404 g/mol. The van der Waals surface area contributed by atoms with Crippen LogP contribution in [0.25, 0.3) is 0 Å². The van der Waals surface area contributed by atoms with Crippen LogP contribution in [0.5, 0.6) is 11.5 Å². The first kappa shape index (κ1) is 20.3. The summed E-state index contributed by atoms with van der Waals surface area (Å²) in [6, 6.07) is 13.9. The van der Waals surface area contributed by atoms with Crippen LogP contribution in [0.3, 0.4) is 0 Å². The van der Waals surface area contributed by atoms with Crippen LogP contribution < -0.4 is 10.1 Å². The number of rotatable bonds is 8. The Balaban J connectivity index is 1.53. The fourth-order valence-electron chi connectivity index (χ4n) is 3.07. The summed E-state index contributed by atoms with van der Waals surface area (Å²) < 4.78 is 11.3. The summed E-state index contributed by atoms with van der Waals surface area (Å²) in [5, 5.41) is 13.6. The number of benzene rings is 2. The first-order valence-electron chi connectivity index (χ1n) is 9.41. The van der Waals surface area contributed by atoms with E-state index >= 15 is 0 Å². The minimum Gasteiger partial charge on any atom is -0.508 e. The fourth-order valence-corrected chi connectivity index (χ4v) is 3.20. The molecule has 1 unspecified atom stereocenters. The number of halogens is 1. The lowest BCUT2D eigenvalue weighted by molar-refractivity contribution is 0.0791. The summed E-state index contributed by atoms with van der Waals surface area (Å²) in [6.07, 6.45) is 1.97. The van der Waals surface area contributed by atoms with E-state index in [1.54, 1.807) is 41.3 Å². The molecular formula is C21H25ClN2O4. The number of hydrogen-bond donors (Lipinski definition) is 2. The van der Waals surface area contributed by atoms with Gasteiger partial charge in [-0.3, -0.25) is 0 Å². The van der Waals surface area contributed by atoms with Crippen LogP contribution in [0, 0.1) is 0 Å². The van der Waals surface area contributed by atoms with Crippen LogP contribution in [0.15, 0.2) is 48.5 Å². The molecule has 1 heterocycles. The maximum absolute atomic E-state index is 12.7. The highest BCUT2D eigenvalue weighted by Gasteiger charge is 2.23. The summed E-state index contributed by atoms with van der Waals surface area (Å²) in [6.45, 7) is 2.24. The van der Waals surface area contributed by atoms with E-state index in [0.717, 1.165) is 19.4 Å². The molecular weight excluding hydrogens is 380 g/mol. The number of carbonyl (C=O) groups is 1. The van der Waals surface area contributed by atoms with Crippen molar-refractivity contribution in [2.75, 3.05) is 26.3 Å². The van der Waals surface area contributed by atoms with E-state index in [4.69, 9.17) is 21.1 Å². The normalized spacial score (nSPS) is 16.0. The zero-order valence-electron chi connectivity index (χ0n) is 15.6. The molecule has 1 atom stereocenters. The van der Waals surface area contributed by atoms with Gasteiger partial charge in [0.2, 0.25) is 0 Å². The van der Waals surface area contributed by atoms with E-state index in [1.807, 2.05) is 12.1 Å². The summed E-state index contributed by atoms with van der Waals surface area (Å²) in [5.41, 5.74) is 0.702. The number of phenolic OH excluding ortho intramolecular Hbond substituents is 1. The van der Waals surface area contributed by atoms with E-state index in [2.05, 4.69) is 5.32 Å². The second-order valence-corrected chi connectivity index (χ2v) is 7.12. The number of ether oxygens (including phenoxy) is 2. The lowest BCUT2D eigenvalue weighted by Gasteiger charge is -2.26. The van der Waals surface area contributed by atoms with Gasteiger partial charge in [0.05, 0.1) is 19.2 Å². The molecule has 2 aromatic rings. The molecule has 0 spiro atoms. The van der Waals surface area contributed by atoms with Crippen LogP contribution in [0.1, 0.15) is 18.4 Å². The largest absolute Gasteiger partial charge is 0.508 e. The van der Waals surface area contributed by atoms with Crippen LogP contribution in [-0.4, -0.2) is 48.4 Å². The Bertz CT molecular complexity index is 763. The number of nitrogens with one attached hydrogen (secondary N) is 1. The summed E-state index contributed by atoms with van der Waals surface area (Å²) in [4.78, 5) is 14.4. The first-order valence-corrected chi connectivity index (χ1v) is 9.79. The second kappa shape index (κ2) is 10.2. The Kier molecular flexibility index (Phi) is 7.39. The van der Waals surface area contributed by atoms with E-state index in [-0.39, 0.29) is 17.9 Å². The molecule has 2 amide bonds. The number of carbonyl (C=O) groups excluding carboxylic acids is 1. The number of phenols is 1. The molecule has 0 radical (unpaired) electrons. The summed E-state index contributed by atoms with van der Waals surface area (Å²) in [7, 11) is 0. The zero-order chi connectivity index (χ0) is 19.8. The predicted octanol–water partition coefficient (Wildman–Crippen LogP) is 3.82. The lowest BCUT2D eigenvalue weighted by atomic mass is 10.1. The molecule has 0 saturated carbocycles. The number of aromatic hydroxyl groups is 1. The Labute approximate surface area is 170 Å². The number of hydrogen-bond acceptors (Lipinski definition) is 4. The van der Waals surface area contributed by atoms with Gasteiger partial charge in [0.25, 0.3) is 0 Å². The molecule has 7 heteroatoms. The summed E-state index contributed by atoms with van der Waals surface area (Å²) >= 11 is 5.85. The van der Waals surface area contributed by atoms with Crippen molar-refractivity contribution < 1.29 is 19.4 Å². The Hall–Kier alpha value is -2.44. The van der Waals surface area contributed by atoms with Crippen molar-refractivity contribution in [1.29, 1.82) is 0 Å². The Morgan fingerprint density at radius 1 is 1.25 bits per heavy atom. The van der Waals surface area contributed by atoms with Crippen molar-refractivity contribution in [2.45, 2.75) is 25.5 Å². The van der Waals surface area contributed by atoms with Crippen LogP contribution in [-0.2, 0) is 11.3 Å². The number of para-hydroxylation sites is 1. The predicted molar refractivity (Wildman–Crippen MR) is 108 cm³/mol. The van der Waals surface area contributed by atoms with Crippen molar-refractivity contribution in [3.05, 3.63) is 59.1 Å². The molecule has 1 saturated heterocycles. The minimum absolute atomic E-state index is 0.0296. The fraction of sp³-hybridized carbons (Fsp3) is 0.381.